The van der Waals surface area contributed by atoms with E-state index in [1.54, 1.807) is 12.1 Å². The second-order valence-electron chi connectivity index (χ2n) is 3.74. The number of anilines is 1. The zero-order chi connectivity index (χ0) is 13.4. The number of carboxylic acids is 1. The van der Waals surface area contributed by atoms with Gasteiger partial charge in [0.1, 0.15) is 0 Å². The number of ether oxygens (including phenoxy) is 1. The third-order valence-electron chi connectivity index (χ3n) is 2.27. The molecule has 0 bridgehead atoms. The number of methoxy groups -OCH3 is 1. The van der Waals surface area contributed by atoms with E-state index in [2.05, 4.69) is 10.3 Å². The summed E-state index contributed by atoms with van der Waals surface area (Å²) < 4.78 is 4.90. The van der Waals surface area contributed by atoms with Gasteiger partial charge in [-0.25, -0.2) is 4.98 Å². The Morgan fingerprint density at radius 3 is 2.61 bits per heavy atom. The third kappa shape index (κ3) is 5.29. The van der Waals surface area contributed by atoms with Crippen molar-refractivity contribution >= 4 is 17.6 Å². The highest BCUT2D eigenvalue weighted by atomic mass is 16.5. The monoisotopic (exact) mass is 252 g/mol. The quantitative estimate of drug-likeness (QED) is 0.721. The van der Waals surface area contributed by atoms with Crippen LogP contribution in [0.15, 0.2) is 18.3 Å². The highest BCUT2D eigenvalue weighted by Gasteiger charge is 2.04. The van der Waals surface area contributed by atoms with Crippen molar-refractivity contribution in [1.29, 1.82) is 0 Å². The van der Waals surface area contributed by atoms with Crippen molar-refractivity contribution in [2.24, 2.45) is 0 Å². The minimum atomic E-state index is -0.838. The molecule has 6 nitrogen and oxygen atoms in total. The van der Waals surface area contributed by atoms with Crippen LogP contribution in [0.3, 0.4) is 0 Å². The molecule has 6 heteroatoms. The third-order valence-corrected chi connectivity index (χ3v) is 2.27. The van der Waals surface area contributed by atoms with Crippen LogP contribution in [0.25, 0.3) is 0 Å². The standard InChI is InChI=1S/C12H16N2O4/c1-18-11-7-6-9(8-13-11)14-10(15)4-2-3-5-12(16)17/h6-8H,2-5H2,1H3,(H,14,15)(H,16,17). The molecule has 1 aromatic rings. The zero-order valence-electron chi connectivity index (χ0n) is 10.2. The predicted octanol–water partition coefficient (Wildman–Crippen LogP) is 1.67. The minimum Gasteiger partial charge on any atom is -0.481 e. The summed E-state index contributed by atoms with van der Waals surface area (Å²) in [6.45, 7) is 0. The molecule has 0 unspecified atom stereocenters. The van der Waals surface area contributed by atoms with Gasteiger partial charge in [0.25, 0.3) is 0 Å². The number of amides is 1. The lowest BCUT2D eigenvalue weighted by Gasteiger charge is -2.05. The lowest BCUT2D eigenvalue weighted by atomic mass is 10.2. The Morgan fingerprint density at radius 1 is 1.33 bits per heavy atom. The molecule has 18 heavy (non-hydrogen) atoms. The molecular weight excluding hydrogens is 236 g/mol. The van der Waals surface area contributed by atoms with E-state index in [0.29, 0.717) is 30.8 Å². The molecule has 0 fully saturated rings. The van der Waals surface area contributed by atoms with Gasteiger partial charge in [0.05, 0.1) is 19.0 Å². The summed E-state index contributed by atoms with van der Waals surface area (Å²) in [5.74, 6) is -0.503. The van der Waals surface area contributed by atoms with E-state index in [1.807, 2.05) is 0 Å². The van der Waals surface area contributed by atoms with Crippen LogP contribution in [0, 0.1) is 0 Å². The molecule has 0 spiro atoms. The van der Waals surface area contributed by atoms with Gasteiger partial charge in [-0.05, 0) is 18.9 Å². The zero-order valence-corrected chi connectivity index (χ0v) is 10.2. The lowest BCUT2D eigenvalue weighted by molar-refractivity contribution is -0.137. The average molecular weight is 252 g/mol. The van der Waals surface area contributed by atoms with Crippen molar-refractivity contribution < 1.29 is 19.4 Å². The normalized spacial score (nSPS) is 9.83. The Hall–Kier alpha value is -2.11. The number of aliphatic carboxylic acids is 1. The van der Waals surface area contributed by atoms with E-state index >= 15 is 0 Å². The van der Waals surface area contributed by atoms with Crippen LogP contribution in [0.4, 0.5) is 5.69 Å². The maximum atomic E-state index is 11.5. The highest BCUT2D eigenvalue weighted by Crippen LogP contribution is 2.11. The maximum Gasteiger partial charge on any atom is 0.303 e. The molecule has 2 N–H and O–H groups in total. The largest absolute Gasteiger partial charge is 0.481 e. The van der Waals surface area contributed by atoms with Crippen LogP contribution in [-0.4, -0.2) is 29.1 Å². The number of nitrogens with one attached hydrogen (secondary N) is 1. The van der Waals surface area contributed by atoms with Crippen LogP contribution in [0.1, 0.15) is 25.7 Å². The van der Waals surface area contributed by atoms with Gasteiger partial charge in [0.2, 0.25) is 11.8 Å². The molecule has 0 atom stereocenters. The van der Waals surface area contributed by atoms with Gasteiger partial charge in [-0.2, -0.15) is 0 Å². The first-order valence-electron chi connectivity index (χ1n) is 5.63. The number of nitrogens with zero attached hydrogens (tertiary/aromatic N) is 1. The molecule has 1 rings (SSSR count). The Bertz CT molecular complexity index is 403. The predicted molar refractivity (Wildman–Crippen MR) is 65.5 cm³/mol. The highest BCUT2D eigenvalue weighted by molar-refractivity contribution is 5.90. The first-order valence-corrected chi connectivity index (χ1v) is 5.63. The summed E-state index contributed by atoms with van der Waals surface area (Å²) in [5, 5.41) is 11.1. The summed E-state index contributed by atoms with van der Waals surface area (Å²) in [6, 6.07) is 3.35. The van der Waals surface area contributed by atoms with Gasteiger partial charge in [-0.3, -0.25) is 9.59 Å². The summed E-state index contributed by atoms with van der Waals surface area (Å²) in [5.41, 5.74) is 0.596. The fourth-order valence-electron chi connectivity index (χ4n) is 1.36. The van der Waals surface area contributed by atoms with Crippen molar-refractivity contribution in [2.75, 3.05) is 12.4 Å². The average Bonchev–Trinajstić information content (AvgIpc) is 2.35. The van der Waals surface area contributed by atoms with Crippen LogP contribution in [0.5, 0.6) is 5.88 Å². The van der Waals surface area contributed by atoms with Gasteiger partial charge in [0.15, 0.2) is 0 Å². The molecule has 0 aliphatic carbocycles. The van der Waals surface area contributed by atoms with Crippen LogP contribution in [-0.2, 0) is 9.59 Å². The molecule has 0 saturated heterocycles. The lowest BCUT2D eigenvalue weighted by Crippen LogP contribution is -2.11. The van der Waals surface area contributed by atoms with Crippen LogP contribution < -0.4 is 10.1 Å². The van der Waals surface area contributed by atoms with Crippen LogP contribution in [0.2, 0.25) is 0 Å². The van der Waals surface area contributed by atoms with E-state index in [4.69, 9.17) is 9.84 Å². The molecule has 0 radical (unpaired) electrons. The van der Waals surface area contributed by atoms with Crippen molar-refractivity contribution in [1.82, 2.24) is 4.98 Å². The van der Waals surface area contributed by atoms with E-state index in [0.717, 1.165) is 0 Å². The number of unbranched alkanes of at least 4 members (excludes halogenated alkanes) is 1. The van der Waals surface area contributed by atoms with Gasteiger partial charge in [0, 0.05) is 18.9 Å². The number of pyridine rings is 1. The molecule has 0 saturated carbocycles. The van der Waals surface area contributed by atoms with Gasteiger partial charge in [-0.1, -0.05) is 0 Å². The fourth-order valence-corrected chi connectivity index (χ4v) is 1.36. The number of hydrogen-bond acceptors (Lipinski definition) is 4. The van der Waals surface area contributed by atoms with E-state index in [9.17, 15) is 9.59 Å². The summed E-state index contributed by atoms with van der Waals surface area (Å²) in [7, 11) is 1.52. The Kier molecular flexibility index (Phi) is 5.63. The van der Waals surface area contributed by atoms with Gasteiger partial charge >= 0.3 is 5.97 Å². The Labute approximate surface area is 105 Å². The van der Waals surface area contributed by atoms with Crippen LogP contribution >= 0.6 is 0 Å². The fraction of sp³-hybridized carbons (Fsp3) is 0.417. The Morgan fingerprint density at radius 2 is 2.06 bits per heavy atom. The number of carboxylic acid groups (broad SMARTS) is 1. The second kappa shape index (κ2) is 7.26. The summed E-state index contributed by atoms with van der Waals surface area (Å²) >= 11 is 0. The molecule has 1 aromatic heterocycles. The summed E-state index contributed by atoms with van der Waals surface area (Å²) in [4.78, 5) is 25.7. The van der Waals surface area contributed by atoms with Crippen molar-refractivity contribution in [2.45, 2.75) is 25.7 Å². The first-order chi connectivity index (χ1) is 8.61. The van der Waals surface area contributed by atoms with E-state index < -0.39 is 5.97 Å². The number of carbonyl (C=O) groups is 2. The number of hydrogen-bond donors (Lipinski definition) is 2. The molecule has 98 valence electrons. The molecule has 1 heterocycles. The minimum absolute atomic E-state index is 0.0946. The molecule has 1 amide bonds. The van der Waals surface area contributed by atoms with E-state index in [-0.39, 0.29) is 12.3 Å². The SMILES string of the molecule is COc1ccc(NC(=O)CCCCC(=O)O)cn1. The Balaban J connectivity index is 2.28. The van der Waals surface area contributed by atoms with Gasteiger partial charge in [-0.15, -0.1) is 0 Å². The smallest absolute Gasteiger partial charge is 0.303 e. The van der Waals surface area contributed by atoms with Crippen molar-refractivity contribution in [3.05, 3.63) is 18.3 Å². The molecular formula is C12H16N2O4. The number of aromatic nitrogens is 1. The van der Waals surface area contributed by atoms with Crippen molar-refractivity contribution in [3.63, 3.8) is 0 Å². The molecule has 0 aliphatic rings. The van der Waals surface area contributed by atoms with E-state index in [1.165, 1.54) is 13.3 Å². The van der Waals surface area contributed by atoms with Gasteiger partial charge < -0.3 is 15.2 Å². The van der Waals surface area contributed by atoms with Crippen molar-refractivity contribution in [3.8, 4) is 5.88 Å². The molecule has 0 aromatic carbocycles. The molecule has 0 aliphatic heterocycles. The first kappa shape index (κ1) is 14.0. The second-order valence-corrected chi connectivity index (χ2v) is 3.74. The summed E-state index contributed by atoms with van der Waals surface area (Å²) in [6.07, 6.45) is 2.97. The maximum absolute atomic E-state index is 11.5. The number of rotatable bonds is 7. The topological polar surface area (TPSA) is 88.5 Å². The number of carbonyl (C=O) groups excluding carboxylic acids is 1.